The van der Waals surface area contributed by atoms with Gasteiger partial charge in [0.15, 0.2) is 0 Å². The van der Waals surface area contributed by atoms with E-state index in [1.807, 2.05) is 62.6 Å². The molecular weight excluding hydrogens is 629 g/mol. The lowest BCUT2D eigenvalue weighted by Gasteiger charge is -2.21. The highest BCUT2D eigenvalue weighted by Crippen LogP contribution is 2.43. The first kappa shape index (κ1) is 31.4. The first-order valence-corrected chi connectivity index (χ1v) is 16.9. The fourth-order valence-corrected chi connectivity index (χ4v) is 7.65. The van der Waals surface area contributed by atoms with E-state index in [9.17, 15) is 4.79 Å². The standard InChI is InChI=1S/C38H39Cl2N5O2/c1-22-19-28(20-23(2)35(22)40)47-18-7-9-29-30-12-13-31(39)34(33-24(3)41-43(6)25(33)4)36(30)45-16-8-15-44(38(46)37(29)45)27-11-10-26-14-17-42(5)32(26)21-27/h10-14,17,19-21H,7-9,15-16,18H2,1-6H3. The Hall–Kier alpha value is -4.20. The number of aromatic nitrogens is 4. The van der Waals surface area contributed by atoms with Crippen LogP contribution in [0.5, 0.6) is 5.75 Å². The summed E-state index contributed by atoms with van der Waals surface area (Å²) in [7, 11) is 3.99. The number of ether oxygens (including phenoxy) is 1. The van der Waals surface area contributed by atoms with E-state index in [0.717, 1.165) is 96.0 Å². The Morgan fingerprint density at radius 1 is 0.915 bits per heavy atom. The maximum atomic E-state index is 14.8. The summed E-state index contributed by atoms with van der Waals surface area (Å²) >= 11 is 13.5. The fourth-order valence-electron chi connectivity index (χ4n) is 7.30. The molecule has 0 fully saturated rings. The molecule has 4 heterocycles. The summed E-state index contributed by atoms with van der Waals surface area (Å²) < 4.78 is 12.4. The Balaban J connectivity index is 1.34. The monoisotopic (exact) mass is 667 g/mol. The summed E-state index contributed by atoms with van der Waals surface area (Å²) in [5.41, 5.74) is 10.7. The maximum Gasteiger partial charge on any atom is 0.275 e. The summed E-state index contributed by atoms with van der Waals surface area (Å²) in [4.78, 5) is 16.8. The number of carbonyl (C=O) groups excluding carboxylic acids is 1. The van der Waals surface area contributed by atoms with E-state index < -0.39 is 0 Å². The third-order valence-corrected chi connectivity index (χ3v) is 10.6. The van der Waals surface area contributed by atoms with Gasteiger partial charge >= 0.3 is 0 Å². The summed E-state index contributed by atoms with van der Waals surface area (Å²) in [6, 6.07) is 16.4. The van der Waals surface area contributed by atoms with Gasteiger partial charge in [-0.25, -0.2) is 0 Å². The second-order valence-corrected chi connectivity index (χ2v) is 13.6. The van der Waals surface area contributed by atoms with E-state index in [4.69, 9.17) is 33.0 Å². The van der Waals surface area contributed by atoms with Crippen LogP contribution in [0.2, 0.25) is 10.0 Å². The molecule has 47 heavy (non-hydrogen) atoms. The molecule has 9 heteroatoms. The number of nitrogens with zero attached hydrogens (tertiary/aromatic N) is 5. The molecule has 1 amide bonds. The van der Waals surface area contributed by atoms with Gasteiger partial charge in [-0.3, -0.25) is 9.48 Å². The molecule has 0 N–H and O–H groups in total. The maximum absolute atomic E-state index is 14.8. The third kappa shape index (κ3) is 5.30. The van der Waals surface area contributed by atoms with E-state index in [1.165, 1.54) is 0 Å². The zero-order valence-corrected chi connectivity index (χ0v) is 29.3. The van der Waals surface area contributed by atoms with E-state index in [2.05, 4.69) is 52.6 Å². The van der Waals surface area contributed by atoms with Gasteiger partial charge in [0.1, 0.15) is 11.4 Å². The Bertz CT molecular complexity index is 2180. The number of amides is 1. The molecule has 3 aromatic heterocycles. The van der Waals surface area contributed by atoms with Crippen molar-refractivity contribution < 1.29 is 9.53 Å². The van der Waals surface area contributed by atoms with Crippen molar-refractivity contribution in [2.75, 3.05) is 18.1 Å². The van der Waals surface area contributed by atoms with Crippen molar-refractivity contribution in [1.82, 2.24) is 18.9 Å². The number of hydrogen-bond donors (Lipinski definition) is 0. The quantitative estimate of drug-likeness (QED) is 0.160. The fraction of sp³-hybridized carbons (Fsp3) is 0.316. The molecule has 0 atom stereocenters. The SMILES string of the molecule is Cc1cc(OCCCc2c3n(c4c(-c5c(C)nn(C)c5C)c(Cl)ccc24)CCCN(c2ccc4ccn(C)c4c2)C3=O)cc(C)c1Cl. The average Bonchev–Trinajstić information content (AvgIpc) is 3.60. The number of benzene rings is 3. The lowest BCUT2D eigenvalue weighted by Crippen LogP contribution is -2.31. The molecule has 6 aromatic rings. The zero-order chi connectivity index (χ0) is 33.1. The molecule has 0 bridgehead atoms. The second kappa shape index (κ2) is 12.1. The minimum Gasteiger partial charge on any atom is -0.494 e. The van der Waals surface area contributed by atoms with Crippen molar-refractivity contribution in [3.05, 3.63) is 98.5 Å². The van der Waals surface area contributed by atoms with Crippen LogP contribution in [0, 0.1) is 27.7 Å². The van der Waals surface area contributed by atoms with Crippen LogP contribution in [-0.2, 0) is 27.1 Å². The molecule has 0 spiro atoms. The lowest BCUT2D eigenvalue weighted by atomic mass is 9.98. The summed E-state index contributed by atoms with van der Waals surface area (Å²) in [6.07, 6.45) is 4.27. The second-order valence-electron chi connectivity index (χ2n) is 12.8. The number of carbonyl (C=O) groups is 1. The largest absolute Gasteiger partial charge is 0.494 e. The molecule has 0 radical (unpaired) electrons. The Morgan fingerprint density at radius 2 is 1.68 bits per heavy atom. The molecule has 3 aromatic carbocycles. The molecular formula is C38H39Cl2N5O2. The van der Waals surface area contributed by atoms with Crippen molar-refractivity contribution >= 4 is 56.6 Å². The topological polar surface area (TPSA) is 57.2 Å². The van der Waals surface area contributed by atoms with E-state index in [1.54, 1.807) is 0 Å². The molecule has 7 rings (SSSR count). The Morgan fingerprint density at radius 3 is 2.40 bits per heavy atom. The number of halogens is 2. The molecule has 0 aliphatic carbocycles. The van der Waals surface area contributed by atoms with Gasteiger partial charge in [-0.1, -0.05) is 35.3 Å². The number of hydrogen-bond acceptors (Lipinski definition) is 3. The number of rotatable bonds is 7. The van der Waals surface area contributed by atoms with Crippen molar-refractivity contribution in [3.8, 4) is 16.9 Å². The zero-order valence-electron chi connectivity index (χ0n) is 27.7. The first-order chi connectivity index (χ1) is 22.5. The highest BCUT2D eigenvalue weighted by molar-refractivity contribution is 6.35. The summed E-state index contributed by atoms with van der Waals surface area (Å²) in [5.74, 6) is 0.814. The highest BCUT2D eigenvalue weighted by Gasteiger charge is 2.32. The summed E-state index contributed by atoms with van der Waals surface area (Å²) in [6.45, 7) is 9.91. The van der Waals surface area contributed by atoms with Crippen LogP contribution in [0.4, 0.5) is 5.69 Å². The normalized spacial score (nSPS) is 13.5. The van der Waals surface area contributed by atoms with Gasteiger partial charge in [0.2, 0.25) is 0 Å². The predicted octanol–water partition coefficient (Wildman–Crippen LogP) is 9.14. The van der Waals surface area contributed by atoms with Gasteiger partial charge in [0, 0.05) is 71.8 Å². The van der Waals surface area contributed by atoms with Gasteiger partial charge in [-0.05, 0) is 105 Å². The average molecular weight is 669 g/mol. The van der Waals surface area contributed by atoms with Gasteiger partial charge in [0.05, 0.1) is 22.8 Å². The molecule has 0 saturated carbocycles. The van der Waals surface area contributed by atoms with Gasteiger partial charge in [-0.15, -0.1) is 0 Å². The molecule has 7 nitrogen and oxygen atoms in total. The number of anilines is 1. The molecule has 1 aliphatic rings. The summed E-state index contributed by atoms with van der Waals surface area (Å²) in [5, 5.41) is 8.35. The van der Waals surface area contributed by atoms with Crippen molar-refractivity contribution in [1.29, 1.82) is 0 Å². The highest BCUT2D eigenvalue weighted by atomic mass is 35.5. The van der Waals surface area contributed by atoms with Crippen LogP contribution in [0.15, 0.2) is 54.7 Å². The molecule has 1 aliphatic heterocycles. The van der Waals surface area contributed by atoms with Gasteiger partial charge in [-0.2, -0.15) is 5.10 Å². The minimum absolute atomic E-state index is 0.00818. The minimum atomic E-state index is 0.00818. The van der Waals surface area contributed by atoms with E-state index in [0.29, 0.717) is 31.1 Å². The smallest absolute Gasteiger partial charge is 0.275 e. The van der Waals surface area contributed by atoms with Crippen LogP contribution in [0.25, 0.3) is 32.9 Å². The Kier molecular flexibility index (Phi) is 8.09. The number of fused-ring (bicyclic) bond motifs is 4. The van der Waals surface area contributed by atoms with E-state index in [-0.39, 0.29) is 5.91 Å². The van der Waals surface area contributed by atoms with Crippen LogP contribution in [0.3, 0.4) is 0 Å². The van der Waals surface area contributed by atoms with Crippen LogP contribution in [0.1, 0.15) is 51.4 Å². The third-order valence-electron chi connectivity index (χ3n) is 9.68. The predicted molar refractivity (Wildman–Crippen MR) is 193 cm³/mol. The first-order valence-electron chi connectivity index (χ1n) is 16.2. The molecule has 242 valence electrons. The number of aryl methyl sites for hydroxylation is 7. The molecule has 0 unspecified atom stereocenters. The lowest BCUT2D eigenvalue weighted by molar-refractivity contribution is 0.0982. The Labute approximate surface area is 285 Å². The van der Waals surface area contributed by atoms with Crippen LogP contribution >= 0.6 is 23.2 Å². The van der Waals surface area contributed by atoms with Crippen molar-refractivity contribution in [2.45, 2.75) is 53.5 Å². The van der Waals surface area contributed by atoms with Crippen molar-refractivity contribution in [3.63, 3.8) is 0 Å². The molecule has 0 saturated heterocycles. The van der Waals surface area contributed by atoms with Gasteiger partial charge in [0.25, 0.3) is 5.91 Å². The van der Waals surface area contributed by atoms with E-state index >= 15 is 0 Å². The van der Waals surface area contributed by atoms with Crippen LogP contribution < -0.4 is 9.64 Å². The van der Waals surface area contributed by atoms with Gasteiger partial charge < -0.3 is 18.8 Å². The van der Waals surface area contributed by atoms with Crippen LogP contribution in [-0.4, -0.2) is 38.0 Å². The van der Waals surface area contributed by atoms with Crippen molar-refractivity contribution in [2.24, 2.45) is 14.1 Å².